The summed E-state index contributed by atoms with van der Waals surface area (Å²) >= 11 is 0. The summed E-state index contributed by atoms with van der Waals surface area (Å²) in [7, 11) is 0. The molecule has 10 unspecified atom stereocenters. The zero-order valence-corrected chi connectivity index (χ0v) is 31.0. The molecular formula is C40H82. The highest BCUT2D eigenvalue weighted by Gasteiger charge is 2.21. The van der Waals surface area contributed by atoms with E-state index < -0.39 is 0 Å². The van der Waals surface area contributed by atoms with E-state index in [-0.39, 0.29) is 0 Å². The Morgan fingerprint density at radius 3 is 0.375 bits per heavy atom. The van der Waals surface area contributed by atoms with Gasteiger partial charge >= 0.3 is 0 Å². The van der Waals surface area contributed by atoms with Gasteiger partial charge in [-0.05, 0) is 154 Å². The van der Waals surface area contributed by atoms with Crippen LogP contribution in [-0.2, 0) is 0 Å². The van der Waals surface area contributed by atoms with E-state index in [4.69, 9.17) is 0 Å². The summed E-state index contributed by atoms with van der Waals surface area (Å²) in [5.41, 5.74) is 0. The van der Waals surface area contributed by atoms with Gasteiger partial charge in [0.2, 0.25) is 0 Å². The zero-order valence-electron chi connectivity index (χ0n) is 31.0. The first kappa shape index (κ1) is 40.0. The Balaban J connectivity index is 4.28. The molecule has 0 aromatic carbocycles. The summed E-state index contributed by atoms with van der Waals surface area (Å²) in [5, 5.41) is 0. The molecule has 0 spiro atoms. The molecule has 0 nitrogen and oxygen atoms in total. The van der Waals surface area contributed by atoms with Gasteiger partial charge in [-0.2, -0.15) is 0 Å². The predicted molar refractivity (Wildman–Crippen MR) is 186 cm³/mol. The molecule has 0 fully saturated rings. The minimum Gasteiger partial charge on any atom is -0.0628 e. The molecule has 0 aliphatic heterocycles. The lowest BCUT2D eigenvalue weighted by Crippen LogP contribution is -2.15. The van der Waals surface area contributed by atoms with Crippen molar-refractivity contribution >= 4 is 0 Å². The third-order valence-electron chi connectivity index (χ3n) is 9.79. The van der Waals surface area contributed by atoms with Crippen molar-refractivity contribution in [1.82, 2.24) is 0 Å². The number of hydrogen-bond donors (Lipinski definition) is 0. The van der Waals surface area contributed by atoms with Crippen molar-refractivity contribution in [3.63, 3.8) is 0 Å². The van der Waals surface area contributed by atoms with Crippen LogP contribution in [0.2, 0.25) is 0 Å². The van der Waals surface area contributed by atoms with Crippen LogP contribution >= 0.6 is 0 Å². The fourth-order valence-electron chi connectivity index (χ4n) is 9.54. The van der Waals surface area contributed by atoms with E-state index in [1.807, 2.05) is 0 Å². The minimum atomic E-state index is 0.839. The second-order valence-corrected chi connectivity index (χ2v) is 17.8. The predicted octanol–water partition coefficient (Wildman–Crippen LogP) is 14.0. The molecule has 0 heterocycles. The van der Waals surface area contributed by atoms with E-state index in [1.54, 1.807) is 0 Å². The van der Waals surface area contributed by atoms with Gasteiger partial charge in [0.1, 0.15) is 0 Å². The van der Waals surface area contributed by atoms with Crippen molar-refractivity contribution < 1.29 is 0 Å². The van der Waals surface area contributed by atoms with Crippen molar-refractivity contribution in [3.8, 4) is 0 Å². The van der Waals surface area contributed by atoms with Gasteiger partial charge < -0.3 is 0 Å². The maximum absolute atomic E-state index is 2.54. The molecule has 0 aromatic heterocycles. The molecule has 0 radical (unpaired) electrons. The van der Waals surface area contributed by atoms with Gasteiger partial charge in [-0.25, -0.2) is 0 Å². The van der Waals surface area contributed by atoms with Crippen LogP contribution < -0.4 is 0 Å². The molecule has 0 heteroatoms. The molecule has 0 aliphatic carbocycles. The van der Waals surface area contributed by atoms with Gasteiger partial charge in [0.25, 0.3) is 0 Å². The fraction of sp³-hybridized carbons (Fsp3) is 1.00. The first-order chi connectivity index (χ1) is 18.5. The average molecular weight is 563 g/mol. The van der Waals surface area contributed by atoms with Crippen LogP contribution in [-0.4, -0.2) is 0 Å². The quantitative estimate of drug-likeness (QED) is 0.110. The lowest BCUT2D eigenvalue weighted by atomic mass is 9.79. The first-order valence-corrected chi connectivity index (χ1v) is 18.5. The van der Waals surface area contributed by atoms with E-state index in [2.05, 4.69) is 104 Å². The van der Waals surface area contributed by atoms with E-state index in [9.17, 15) is 0 Å². The van der Waals surface area contributed by atoms with Gasteiger partial charge in [0, 0.05) is 0 Å². The van der Waals surface area contributed by atoms with Gasteiger partial charge in [-0.3, -0.25) is 0 Å². The normalized spacial score (nSPS) is 20.9. The van der Waals surface area contributed by atoms with Crippen LogP contribution in [0.5, 0.6) is 0 Å². The van der Waals surface area contributed by atoms with Crippen molar-refractivity contribution in [3.05, 3.63) is 0 Å². The molecule has 10 atom stereocenters. The molecule has 0 aromatic rings. The molecule has 0 N–H and O–H groups in total. The Bertz CT molecular complexity index is 525. The Hall–Kier alpha value is 0. The van der Waals surface area contributed by atoms with Gasteiger partial charge in [-0.15, -0.1) is 0 Å². The minimum absolute atomic E-state index is 0.839. The second kappa shape index (κ2) is 21.7. The summed E-state index contributed by atoms with van der Waals surface area (Å²) in [6.07, 6.45) is 17.0. The number of hydrogen-bond acceptors (Lipinski definition) is 0. The van der Waals surface area contributed by atoms with Crippen molar-refractivity contribution in [1.29, 1.82) is 0 Å². The molecule has 0 bridgehead atoms. The van der Waals surface area contributed by atoms with E-state index in [0.29, 0.717) is 0 Å². The van der Waals surface area contributed by atoms with Crippen molar-refractivity contribution in [2.24, 2.45) is 76.9 Å². The van der Waals surface area contributed by atoms with E-state index in [0.717, 1.165) is 76.9 Å². The maximum atomic E-state index is 2.54. The SMILES string of the molecule is CC(C)CC(C)CC(C)CC(C)CC(C)CC(C)CC(C)CC(C)CC(C)CC(C)CC(C)CC(C)CC(C)C. The van der Waals surface area contributed by atoms with Gasteiger partial charge in [0.05, 0.1) is 0 Å². The van der Waals surface area contributed by atoms with Crippen LogP contribution in [0.25, 0.3) is 0 Å². The highest BCUT2D eigenvalue weighted by atomic mass is 14.3. The average Bonchev–Trinajstić information content (AvgIpc) is 2.70. The van der Waals surface area contributed by atoms with Gasteiger partial charge in [0.15, 0.2) is 0 Å². The standard InChI is InChI=1S/C40H82/c1-28(2)16-30(5)18-32(7)20-34(9)22-36(11)24-38(13)26-40(15)27-39(14)25-37(12)23-35(10)21-33(8)19-31(6)17-29(3)4/h28-40H,16-27H2,1-15H3. The lowest BCUT2D eigenvalue weighted by Gasteiger charge is -2.27. The molecule has 0 saturated carbocycles. The number of rotatable bonds is 24. The van der Waals surface area contributed by atoms with Crippen LogP contribution in [0.15, 0.2) is 0 Å². The van der Waals surface area contributed by atoms with E-state index in [1.165, 1.54) is 77.0 Å². The van der Waals surface area contributed by atoms with Crippen LogP contribution in [0.3, 0.4) is 0 Å². The third kappa shape index (κ3) is 22.6. The Labute approximate surface area is 257 Å². The second-order valence-electron chi connectivity index (χ2n) is 17.8. The van der Waals surface area contributed by atoms with Crippen molar-refractivity contribution in [2.75, 3.05) is 0 Å². The molecule has 40 heavy (non-hydrogen) atoms. The monoisotopic (exact) mass is 563 g/mol. The Kier molecular flexibility index (Phi) is 21.7. The molecule has 0 aliphatic rings. The largest absolute Gasteiger partial charge is 0.0628 e. The molecular weight excluding hydrogens is 480 g/mol. The zero-order chi connectivity index (χ0) is 31.0. The van der Waals surface area contributed by atoms with Crippen molar-refractivity contribution in [2.45, 2.75) is 181 Å². The summed E-state index contributed by atoms with van der Waals surface area (Å²) in [5.74, 6) is 11.3. The maximum Gasteiger partial charge on any atom is -0.0438 e. The summed E-state index contributed by atoms with van der Waals surface area (Å²) in [6.45, 7) is 37.1. The Morgan fingerprint density at radius 1 is 0.175 bits per heavy atom. The highest BCUT2D eigenvalue weighted by Crippen LogP contribution is 2.33. The smallest absolute Gasteiger partial charge is 0.0438 e. The first-order valence-electron chi connectivity index (χ1n) is 18.5. The molecule has 242 valence electrons. The summed E-state index contributed by atoms with van der Waals surface area (Å²) in [6, 6.07) is 0. The third-order valence-corrected chi connectivity index (χ3v) is 9.79. The van der Waals surface area contributed by atoms with Crippen LogP contribution in [0.1, 0.15) is 181 Å². The van der Waals surface area contributed by atoms with Crippen LogP contribution in [0.4, 0.5) is 0 Å². The van der Waals surface area contributed by atoms with Gasteiger partial charge in [-0.1, -0.05) is 104 Å². The lowest BCUT2D eigenvalue weighted by molar-refractivity contribution is 0.245. The van der Waals surface area contributed by atoms with E-state index >= 15 is 0 Å². The molecule has 0 saturated heterocycles. The highest BCUT2D eigenvalue weighted by molar-refractivity contribution is 4.72. The van der Waals surface area contributed by atoms with Crippen LogP contribution in [0, 0.1) is 76.9 Å². The molecule has 0 amide bonds. The fourth-order valence-corrected chi connectivity index (χ4v) is 9.54. The Morgan fingerprint density at radius 2 is 0.275 bits per heavy atom. The molecule has 0 rings (SSSR count). The summed E-state index contributed by atoms with van der Waals surface area (Å²) in [4.78, 5) is 0. The topological polar surface area (TPSA) is 0 Å². The summed E-state index contributed by atoms with van der Waals surface area (Å²) < 4.78 is 0.